The molecule has 13 heavy (non-hydrogen) atoms. The van der Waals surface area contributed by atoms with Gasteiger partial charge in [0.15, 0.2) is 0 Å². The summed E-state index contributed by atoms with van der Waals surface area (Å²) in [5.41, 5.74) is 2.39. The van der Waals surface area contributed by atoms with Gasteiger partial charge in [-0.3, -0.25) is 4.21 Å². The Morgan fingerprint density at radius 3 is 3.15 bits per heavy atom. The lowest BCUT2D eigenvalue weighted by molar-refractivity contribution is 0.672. The monoisotopic (exact) mass is 195 g/mol. The van der Waals surface area contributed by atoms with Crippen LogP contribution in [0, 0.1) is 0 Å². The summed E-state index contributed by atoms with van der Waals surface area (Å²) in [4.78, 5) is 0. The summed E-state index contributed by atoms with van der Waals surface area (Å²) >= 11 is 0. The van der Waals surface area contributed by atoms with E-state index in [1.165, 1.54) is 5.56 Å². The van der Waals surface area contributed by atoms with Crippen LogP contribution in [0.5, 0.6) is 0 Å². The number of anilines is 1. The summed E-state index contributed by atoms with van der Waals surface area (Å²) in [7, 11) is -2.06. The number of rotatable bonds is 0. The van der Waals surface area contributed by atoms with Crippen LogP contribution < -0.4 is 4.72 Å². The molecule has 3 heteroatoms. The van der Waals surface area contributed by atoms with Gasteiger partial charge in [-0.25, -0.2) is 0 Å². The fourth-order valence-electron chi connectivity index (χ4n) is 2.49. The standard InChI is InChI=1S/C10H13NOS/c12-13-7-3-6-10(13)8-4-1-2-5-9(8)11-13/h1-2,4-5,10,13H,3,6-7H2,(H,11,12). The van der Waals surface area contributed by atoms with Crippen molar-refractivity contribution < 1.29 is 4.21 Å². The lowest BCUT2D eigenvalue weighted by Crippen LogP contribution is -2.20. The fourth-order valence-corrected chi connectivity index (χ4v) is 5.61. The third-order valence-electron chi connectivity index (χ3n) is 3.10. The Labute approximate surface area is 78.9 Å². The van der Waals surface area contributed by atoms with Gasteiger partial charge in [0.2, 0.25) is 0 Å². The first-order chi connectivity index (χ1) is 6.30. The maximum atomic E-state index is 12.3. The van der Waals surface area contributed by atoms with E-state index in [9.17, 15) is 4.21 Å². The van der Waals surface area contributed by atoms with Gasteiger partial charge in [0.05, 0.1) is 5.25 Å². The maximum absolute atomic E-state index is 12.3. The SMILES string of the molecule is O=[SH]12CCCC1c1ccccc1N2. The van der Waals surface area contributed by atoms with E-state index in [1.54, 1.807) is 0 Å². The molecule has 1 N–H and O–H groups in total. The van der Waals surface area contributed by atoms with Crippen LogP contribution in [0.4, 0.5) is 5.69 Å². The molecule has 0 spiro atoms. The molecule has 3 rings (SSSR count). The van der Waals surface area contributed by atoms with Gasteiger partial charge in [0.1, 0.15) is 0 Å². The number of benzene rings is 1. The molecule has 0 bridgehead atoms. The van der Waals surface area contributed by atoms with E-state index in [1.807, 2.05) is 18.2 Å². The average molecular weight is 195 g/mol. The maximum Gasteiger partial charge on any atom is 0.0552 e. The third-order valence-corrected chi connectivity index (χ3v) is 6.24. The second-order valence-electron chi connectivity index (χ2n) is 3.88. The highest BCUT2D eigenvalue weighted by Gasteiger charge is 2.39. The lowest BCUT2D eigenvalue weighted by atomic mass is 10.1. The molecule has 1 fully saturated rings. The predicted octanol–water partition coefficient (Wildman–Crippen LogP) is 1.88. The molecule has 1 unspecified atom stereocenters. The lowest BCUT2D eigenvalue weighted by Gasteiger charge is -2.17. The zero-order valence-corrected chi connectivity index (χ0v) is 8.26. The fraction of sp³-hybridized carbons (Fsp3) is 0.400. The predicted molar refractivity (Wildman–Crippen MR) is 56.4 cm³/mol. The molecule has 1 aromatic rings. The van der Waals surface area contributed by atoms with Crippen molar-refractivity contribution in [2.75, 3.05) is 10.5 Å². The highest BCUT2D eigenvalue weighted by atomic mass is 32.3. The number of hydrogen-bond acceptors (Lipinski definition) is 1. The zero-order chi connectivity index (χ0) is 8.89. The van der Waals surface area contributed by atoms with Gasteiger partial charge in [0.25, 0.3) is 0 Å². The minimum Gasteiger partial charge on any atom is -0.326 e. The molecule has 0 amide bonds. The number of thiol groups is 1. The van der Waals surface area contributed by atoms with Gasteiger partial charge in [0, 0.05) is 11.4 Å². The molecular formula is C10H13NOS. The zero-order valence-electron chi connectivity index (χ0n) is 7.36. The van der Waals surface area contributed by atoms with Crippen molar-refractivity contribution >= 4 is 15.8 Å². The van der Waals surface area contributed by atoms with Crippen molar-refractivity contribution in [3.8, 4) is 0 Å². The van der Waals surface area contributed by atoms with Crippen molar-refractivity contribution in [1.29, 1.82) is 0 Å². The largest absolute Gasteiger partial charge is 0.326 e. The Balaban J connectivity index is 2.18. The molecule has 0 saturated carbocycles. The highest BCUT2D eigenvalue weighted by Crippen LogP contribution is 2.48. The van der Waals surface area contributed by atoms with Gasteiger partial charge in [-0.15, -0.1) is 0 Å². The average Bonchev–Trinajstić information content (AvgIpc) is 2.58. The first-order valence-corrected chi connectivity index (χ1v) is 6.72. The number of fused-ring (bicyclic) bond motifs is 3. The molecule has 1 saturated heterocycles. The van der Waals surface area contributed by atoms with Gasteiger partial charge in [-0.1, -0.05) is 18.2 Å². The molecule has 70 valence electrons. The number of hydrogen-bond donors (Lipinski definition) is 2. The smallest absolute Gasteiger partial charge is 0.0552 e. The van der Waals surface area contributed by atoms with Crippen molar-refractivity contribution in [1.82, 2.24) is 0 Å². The molecular weight excluding hydrogens is 182 g/mol. The molecule has 0 radical (unpaired) electrons. The summed E-state index contributed by atoms with van der Waals surface area (Å²) < 4.78 is 15.5. The summed E-state index contributed by atoms with van der Waals surface area (Å²) in [6, 6.07) is 8.18. The van der Waals surface area contributed by atoms with Crippen LogP contribution >= 0.6 is 0 Å². The van der Waals surface area contributed by atoms with E-state index in [0.29, 0.717) is 5.25 Å². The van der Waals surface area contributed by atoms with Crippen LogP contribution in [0.25, 0.3) is 0 Å². The van der Waals surface area contributed by atoms with Crippen molar-refractivity contribution in [2.45, 2.75) is 18.1 Å². The second-order valence-corrected chi connectivity index (χ2v) is 6.76. The van der Waals surface area contributed by atoms with Crippen molar-refractivity contribution in [2.24, 2.45) is 0 Å². The Hall–Kier alpha value is -0.830. The van der Waals surface area contributed by atoms with Crippen LogP contribution in [-0.2, 0) is 10.1 Å². The van der Waals surface area contributed by atoms with E-state index >= 15 is 0 Å². The molecule has 2 aliphatic rings. The summed E-state index contributed by atoms with van der Waals surface area (Å²) in [6.45, 7) is 0. The van der Waals surface area contributed by atoms with E-state index in [-0.39, 0.29) is 0 Å². The molecule has 0 aromatic heterocycles. The molecule has 1 aromatic carbocycles. The van der Waals surface area contributed by atoms with Crippen LogP contribution in [0.3, 0.4) is 0 Å². The number of para-hydroxylation sites is 1. The minimum absolute atomic E-state index is 0.323. The Morgan fingerprint density at radius 2 is 2.23 bits per heavy atom. The van der Waals surface area contributed by atoms with Gasteiger partial charge >= 0.3 is 0 Å². The minimum atomic E-state index is -2.06. The first kappa shape index (κ1) is 7.56. The Bertz CT molecular complexity index is 402. The van der Waals surface area contributed by atoms with Gasteiger partial charge < -0.3 is 4.72 Å². The van der Waals surface area contributed by atoms with Gasteiger partial charge in [-0.05, 0) is 34.6 Å². The molecule has 2 nitrogen and oxygen atoms in total. The third kappa shape index (κ3) is 0.908. The number of nitrogens with one attached hydrogen (secondary N) is 1. The molecule has 2 aliphatic heterocycles. The molecule has 0 aliphatic carbocycles. The Morgan fingerprint density at radius 1 is 1.38 bits per heavy atom. The van der Waals surface area contributed by atoms with Crippen molar-refractivity contribution in [3.63, 3.8) is 0 Å². The van der Waals surface area contributed by atoms with E-state index < -0.39 is 10.1 Å². The summed E-state index contributed by atoms with van der Waals surface area (Å²) in [5.74, 6) is 0.881. The quantitative estimate of drug-likeness (QED) is 0.608. The normalized spacial score (nSPS) is 30.3. The molecule has 1 atom stereocenters. The van der Waals surface area contributed by atoms with Crippen LogP contribution in [0.15, 0.2) is 24.3 Å². The van der Waals surface area contributed by atoms with E-state index in [0.717, 1.165) is 24.3 Å². The van der Waals surface area contributed by atoms with Crippen molar-refractivity contribution in [3.05, 3.63) is 29.8 Å². The van der Waals surface area contributed by atoms with Crippen LogP contribution in [0.1, 0.15) is 23.7 Å². The highest BCUT2D eigenvalue weighted by molar-refractivity contribution is 8.05. The summed E-state index contributed by atoms with van der Waals surface area (Å²) in [6.07, 6.45) is 2.21. The topological polar surface area (TPSA) is 29.1 Å². The molecule has 2 heterocycles. The second kappa shape index (κ2) is 2.35. The van der Waals surface area contributed by atoms with E-state index in [2.05, 4.69) is 10.8 Å². The Kier molecular flexibility index (Phi) is 1.37. The first-order valence-electron chi connectivity index (χ1n) is 4.75. The van der Waals surface area contributed by atoms with Crippen LogP contribution in [-0.4, -0.2) is 9.96 Å². The van der Waals surface area contributed by atoms with E-state index in [4.69, 9.17) is 0 Å². The van der Waals surface area contributed by atoms with Crippen LogP contribution in [0.2, 0.25) is 0 Å². The van der Waals surface area contributed by atoms with Gasteiger partial charge in [-0.2, -0.15) is 0 Å². The summed E-state index contributed by atoms with van der Waals surface area (Å²) in [5, 5.41) is 0.323.